The fourth-order valence-electron chi connectivity index (χ4n) is 2.32. The van der Waals surface area contributed by atoms with Crippen LogP contribution < -0.4 is 10.6 Å². The molecule has 8 heteroatoms. The van der Waals surface area contributed by atoms with Gasteiger partial charge in [0.05, 0.1) is 0 Å². The van der Waals surface area contributed by atoms with Gasteiger partial charge in [-0.1, -0.05) is 55.4 Å². The van der Waals surface area contributed by atoms with Gasteiger partial charge in [-0.3, -0.25) is 10.1 Å². The lowest BCUT2D eigenvalue weighted by Gasteiger charge is -2.24. The Hall–Kier alpha value is -2.48. The maximum atomic E-state index is 12.7. The topological polar surface area (TPSA) is 87.2 Å². The van der Waals surface area contributed by atoms with Gasteiger partial charge < -0.3 is 10.2 Å². The highest BCUT2D eigenvalue weighted by molar-refractivity contribution is 7.18. The van der Waals surface area contributed by atoms with Gasteiger partial charge >= 0.3 is 6.03 Å². The molecule has 2 unspecified atom stereocenters. The predicted molar refractivity (Wildman–Crippen MR) is 104 cm³/mol. The van der Waals surface area contributed by atoms with Crippen molar-refractivity contribution in [2.45, 2.75) is 33.2 Å². The third kappa shape index (κ3) is 5.01. The summed E-state index contributed by atoms with van der Waals surface area (Å²) < 4.78 is 0. The second-order valence-corrected chi connectivity index (χ2v) is 7.46. The van der Waals surface area contributed by atoms with E-state index in [0.29, 0.717) is 5.13 Å². The number of urea groups is 1. The lowest BCUT2D eigenvalue weighted by Crippen LogP contribution is -2.50. The number of benzene rings is 1. The maximum Gasteiger partial charge on any atom is 0.317 e. The van der Waals surface area contributed by atoms with Crippen molar-refractivity contribution in [2.75, 3.05) is 19.4 Å². The van der Waals surface area contributed by atoms with E-state index in [4.69, 9.17) is 0 Å². The Morgan fingerprint density at radius 1 is 1.27 bits per heavy atom. The van der Waals surface area contributed by atoms with Crippen LogP contribution in [-0.2, 0) is 4.79 Å². The Morgan fingerprint density at radius 2 is 2.00 bits per heavy atom. The summed E-state index contributed by atoms with van der Waals surface area (Å²) in [5.74, 6) is -0.301. The molecule has 0 radical (unpaired) electrons. The van der Waals surface area contributed by atoms with Crippen molar-refractivity contribution in [2.24, 2.45) is 5.92 Å². The van der Waals surface area contributed by atoms with Crippen LogP contribution in [0.25, 0.3) is 10.6 Å². The summed E-state index contributed by atoms with van der Waals surface area (Å²) in [5, 5.41) is 14.9. The van der Waals surface area contributed by atoms with Gasteiger partial charge in [-0.05, 0) is 18.9 Å². The Kier molecular flexibility index (Phi) is 6.68. The maximum absolute atomic E-state index is 12.7. The number of rotatable bonds is 6. The van der Waals surface area contributed by atoms with Crippen molar-refractivity contribution in [1.29, 1.82) is 0 Å². The normalized spacial score (nSPS) is 13.0. The van der Waals surface area contributed by atoms with Crippen molar-refractivity contribution < 1.29 is 9.59 Å². The van der Waals surface area contributed by atoms with Crippen molar-refractivity contribution >= 4 is 28.4 Å². The van der Waals surface area contributed by atoms with E-state index in [9.17, 15) is 9.59 Å². The van der Waals surface area contributed by atoms with Crippen LogP contribution >= 0.6 is 11.3 Å². The molecule has 26 heavy (non-hydrogen) atoms. The van der Waals surface area contributed by atoms with Gasteiger partial charge in [-0.2, -0.15) is 0 Å². The fraction of sp³-hybridized carbons (Fsp3) is 0.444. The van der Waals surface area contributed by atoms with Gasteiger partial charge in [0.1, 0.15) is 11.0 Å². The minimum absolute atomic E-state index is 0.0111. The molecule has 2 N–H and O–H groups in total. The minimum Gasteiger partial charge on any atom is -0.331 e. The van der Waals surface area contributed by atoms with Crippen LogP contribution in [0.4, 0.5) is 9.93 Å². The largest absolute Gasteiger partial charge is 0.331 e. The zero-order valence-electron chi connectivity index (χ0n) is 15.7. The summed E-state index contributed by atoms with van der Waals surface area (Å²) in [6, 6.07) is 7.01. The monoisotopic (exact) mass is 375 g/mol. The van der Waals surface area contributed by atoms with E-state index >= 15 is 0 Å². The number of carbonyl (C=O) groups excluding carboxylic acids is 2. The molecule has 0 saturated carbocycles. The summed E-state index contributed by atoms with van der Waals surface area (Å²) in [7, 11) is 3.28. The summed E-state index contributed by atoms with van der Waals surface area (Å²) in [5.41, 5.74) is 2.09. The molecule has 0 aliphatic heterocycles. The molecule has 0 bridgehead atoms. The van der Waals surface area contributed by atoms with Crippen molar-refractivity contribution in [3.63, 3.8) is 0 Å². The molecular weight excluding hydrogens is 350 g/mol. The number of hydrogen-bond acceptors (Lipinski definition) is 5. The van der Waals surface area contributed by atoms with Crippen LogP contribution in [0.2, 0.25) is 0 Å². The van der Waals surface area contributed by atoms with E-state index in [1.165, 1.54) is 16.2 Å². The summed E-state index contributed by atoms with van der Waals surface area (Å²) in [4.78, 5) is 26.0. The van der Waals surface area contributed by atoms with Crippen LogP contribution in [-0.4, -0.2) is 47.2 Å². The van der Waals surface area contributed by atoms with Gasteiger partial charge in [0.2, 0.25) is 11.0 Å². The van der Waals surface area contributed by atoms with E-state index in [2.05, 4.69) is 20.8 Å². The fourth-order valence-corrected chi connectivity index (χ4v) is 3.06. The van der Waals surface area contributed by atoms with Crippen LogP contribution in [0.5, 0.6) is 0 Å². The first-order valence-electron chi connectivity index (χ1n) is 8.51. The first-order chi connectivity index (χ1) is 12.3. The summed E-state index contributed by atoms with van der Waals surface area (Å²) in [6.45, 7) is 5.92. The van der Waals surface area contributed by atoms with E-state index in [1.807, 2.05) is 45.0 Å². The van der Waals surface area contributed by atoms with Crippen molar-refractivity contribution in [3.05, 3.63) is 29.8 Å². The number of aromatic nitrogens is 2. The molecule has 1 heterocycles. The van der Waals surface area contributed by atoms with E-state index in [-0.39, 0.29) is 17.9 Å². The zero-order chi connectivity index (χ0) is 19.3. The molecule has 0 fully saturated rings. The smallest absolute Gasteiger partial charge is 0.317 e. The summed E-state index contributed by atoms with van der Waals surface area (Å²) in [6.07, 6.45) is 0.760. The third-order valence-corrected chi connectivity index (χ3v) is 4.99. The first kappa shape index (κ1) is 19.8. The van der Waals surface area contributed by atoms with E-state index in [1.54, 1.807) is 14.1 Å². The molecule has 1 aromatic carbocycles. The Balaban J connectivity index is 2.12. The number of amides is 3. The molecule has 1 aromatic heterocycles. The Morgan fingerprint density at radius 3 is 2.62 bits per heavy atom. The SMILES string of the molecule is CCC(C)C(NC(=O)N(C)C)C(=O)Nc1nnc(-c2cccc(C)c2)s1. The second kappa shape index (κ2) is 8.75. The molecule has 0 spiro atoms. The first-order valence-corrected chi connectivity index (χ1v) is 9.32. The Labute approximate surface area is 157 Å². The van der Waals surface area contributed by atoms with Gasteiger partial charge in [0.25, 0.3) is 0 Å². The molecule has 2 rings (SSSR count). The van der Waals surface area contributed by atoms with Crippen molar-refractivity contribution in [1.82, 2.24) is 20.4 Å². The van der Waals surface area contributed by atoms with E-state index in [0.717, 1.165) is 22.6 Å². The lowest BCUT2D eigenvalue weighted by atomic mass is 9.98. The molecule has 3 amide bonds. The van der Waals surface area contributed by atoms with Crippen LogP contribution in [0.1, 0.15) is 25.8 Å². The van der Waals surface area contributed by atoms with Gasteiger partial charge in [-0.25, -0.2) is 4.79 Å². The molecule has 7 nitrogen and oxygen atoms in total. The highest BCUT2D eigenvalue weighted by Gasteiger charge is 2.27. The van der Waals surface area contributed by atoms with Crippen LogP contribution in [0.3, 0.4) is 0 Å². The number of hydrogen-bond donors (Lipinski definition) is 2. The zero-order valence-corrected chi connectivity index (χ0v) is 16.6. The molecule has 0 aliphatic carbocycles. The average Bonchev–Trinajstić information content (AvgIpc) is 3.07. The molecule has 2 atom stereocenters. The van der Waals surface area contributed by atoms with Gasteiger partial charge in [0, 0.05) is 19.7 Å². The number of carbonyl (C=O) groups is 2. The quantitative estimate of drug-likeness (QED) is 0.812. The predicted octanol–water partition coefficient (Wildman–Crippen LogP) is 3.14. The molecule has 0 saturated heterocycles. The molecular formula is C18H25N5O2S. The minimum atomic E-state index is -0.638. The van der Waals surface area contributed by atoms with Crippen LogP contribution in [0.15, 0.2) is 24.3 Å². The molecule has 0 aliphatic rings. The highest BCUT2D eigenvalue weighted by atomic mass is 32.1. The van der Waals surface area contributed by atoms with Crippen LogP contribution in [0, 0.1) is 12.8 Å². The molecule has 2 aromatic rings. The number of nitrogens with one attached hydrogen (secondary N) is 2. The van der Waals surface area contributed by atoms with Crippen molar-refractivity contribution in [3.8, 4) is 10.6 Å². The number of anilines is 1. The second-order valence-electron chi connectivity index (χ2n) is 6.48. The highest BCUT2D eigenvalue weighted by Crippen LogP contribution is 2.27. The standard InChI is InChI=1S/C18H25N5O2S/c1-6-12(3)14(19-18(25)23(4)5)15(24)20-17-22-21-16(26-17)13-9-7-8-11(2)10-13/h7-10,12,14H,6H2,1-5H3,(H,19,25)(H,20,22,24). The lowest BCUT2D eigenvalue weighted by molar-refractivity contribution is -0.119. The van der Waals surface area contributed by atoms with E-state index < -0.39 is 6.04 Å². The average molecular weight is 375 g/mol. The number of aryl methyl sites for hydroxylation is 1. The number of nitrogens with zero attached hydrogens (tertiary/aromatic N) is 3. The van der Waals surface area contributed by atoms with Gasteiger partial charge in [0.15, 0.2) is 0 Å². The van der Waals surface area contributed by atoms with Gasteiger partial charge in [-0.15, -0.1) is 10.2 Å². The third-order valence-electron chi connectivity index (χ3n) is 4.10. The summed E-state index contributed by atoms with van der Waals surface area (Å²) >= 11 is 1.31. The Bertz CT molecular complexity index is 774. The molecule has 140 valence electrons.